The fourth-order valence-electron chi connectivity index (χ4n) is 2.59. The Balaban J connectivity index is 2.10. The Morgan fingerprint density at radius 3 is 2.62 bits per heavy atom. The van der Waals surface area contributed by atoms with Crippen LogP contribution in [0.25, 0.3) is 0 Å². The third-order valence-corrected chi connectivity index (χ3v) is 3.87. The van der Waals surface area contributed by atoms with Gasteiger partial charge in [-0.15, -0.1) is 0 Å². The van der Waals surface area contributed by atoms with Gasteiger partial charge in [0.2, 0.25) is 5.91 Å². The molecule has 2 rings (SSSR count). The molecular formula is C18H25F3N2O3. The summed E-state index contributed by atoms with van der Waals surface area (Å²) in [5.74, 6) is -0.0166. The number of amides is 1. The first-order chi connectivity index (χ1) is 12.3. The first kappa shape index (κ1) is 20.5. The van der Waals surface area contributed by atoms with E-state index >= 15 is 0 Å². The molecule has 0 radical (unpaired) electrons. The standard InChI is InChI=1S/C18H25F3N2O3/c1-13(2)12-26-8-5-17(24)22-15-11-14(18(19,20)21)3-4-16(15)23-6-9-25-10-7-23/h3-4,11,13H,5-10,12H2,1-2H3,(H,22,24). The number of halogens is 3. The summed E-state index contributed by atoms with van der Waals surface area (Å²) in [7, 11) is 0. The first-order valence-electron chi connectivity index (χ1n) is 8.69. The lowest BCUT2D eigenvalue weighted by Crippen LogP contribution is -2.37. The van der Waals surface area contributed by atoms with E-state index in [2.05, 4.69) is 5.32 Å². The highest BCUT2D eigenvalue weighted by Gasteiger charge is 2.31. The maximum Gasteiger partial charge on any atom is 0.416 e. The predicted octanol–water partition coefficient (Wildman–Crippen LogP) is 3.54. The number of nitrogens with zero attached hydrogens (tertiary/aromatic N) is 1. The minimum atomic E-state index is -4.47. The lowest BCUT2D eigenvalue weighted by molar-refractivity contribution is -0.137. The zero-order valence-electron chi connectivity index (χ0n) is 15.1. The molecule has 1 amide bonds. The number of hydrogen-bond donors (Lipinski definition) is 1. The van der Waals surface area contributed by atoms with E-state index < -0.39 is 11.7 Å². The van der Waals surface area contributed by atoms with Crippen LogP contribution in [0.4, 0.5) is 24.5 Å². The molecule has 1 aliphatic rings. The highest BCUT2D eigenvalue weighted by molar-refractivity contribution is 5.94. The smallest absolute Gasteiger partial charge is 0.381 e. The fourth-order valence-corrected chi connectivity index (χ4v) is 2.59. The Morgan fingerprint density at radius 2 is 2.00 bits per heavy atom. The summed E-state index contributed by atoms with van der Waals surface area (Å²) in [5.41, 5.74) is -0.0609. The maximum absolute atomic E-state index is 13.0. The van der Waals surface area contributed by atoms with E-state index in [4.69, 9.17) is 9.47 Å². The topological polar surface area (TPSA) is 50.8 Å². The van der Waals surface area contributed by atoms with Crippen LogP contribution >= 0.6 is 0 Å². The highest BCUT2D eigenvalue weighted by Crippen LogP contribution is 2.35. The van der Waals surface area contributed by atoms with Crippen LogP contribution in [-0.4, -0.2) is 45.4 Å². The SMILES string of the molecule is CC(C)COCCC(=O)Nc1cc(C(F)(F)F)ccc1N1CCOCC1. The molecule has 0 aromatic heterocycles. The van der Waals surface area contributed by atoms with Gasteiger partial charge in [-0.25, -0.2) is 0 Å². The maximum atomic E-state index is 13.0. The van der Waals surface area contributed by atoms with Crippen molar-refractivity contribution in [3.63, 3.8) is 0 Å². The number of benzene rings is 1. The second kappa shape index (κ2) is 9.23. The number of alkyl halides is 3. The third kappa shape index (κ3) is 6.17. The van der Waals surface area contributed by atoms with Gasteiger partial charge in [-0.05, 0) is 24.1 Å². The number of nitrogens with one attached hydrogen (secondary N) is 1. The van der Waals surface area contributed by atoms with Crippen molar-refractivity contribution in [3.8, 4) is 0 Å². The van der Waals surface area contributed by atoms with Crippen molar-refractivity contribution in [2.45, 2.75) is 26.4 Å². The lowest BCUT2D eigenvalue weighted by atomic mass is 10.1. The van der Waals surface area contributed by atoms with E-state index in [0.29, 0.717) is 44.5 Å². The van der Waals surface area contributed by atoms with Crippen LogP contribution in [0.2, 0.25) is 0 Å². The van der Waals surface area contributed by atoms with Crippen molar-refractivity contribution in [2.75, 3.05) is 49.7 Å². The molecule has 0 atom stereocenters. The molecule has 0 unspecified atom stereocenters. The summed E-state index contributed by atoms with van der Waals surface area (Å²) in [6, 6.07) is 3.42. The summed E-state index contributed by atoms with van der Waals surface area (Å²) < 4.78 is 49.8. The highest BCUT2D eigenvalue weighted by atomic mass is 19.4. The van der Waals surface area contributed by atoms with Gasteiger partial charge in [-0.3, -0.25) is 4.79 Å². The minimum Gasteiger partial charge on any atom is -0.381 e. The molecule has 0 aliphatic carbocycles. The van der Waals surface area contributed by atoms with E-state index in [-0.39, 0.29) is 24.6 Å². The lowest BCUT2D eigenvalue weighted by Gasteiger charge is -2.31. The average molecular weight is 374 g/mol. The summed E-state index contributed by atoms with van der Waals surface area (Å²) in [5, 5.41) is 2.61. The van der Waals surface area contributed by atoms with Gasteiger partial charge in [-0.1, -0.05) is 13.8 Å². The molecule has 0 bridgehead atoms. The third-order valence-electron chi connectivity index (χ3n) is 3.87. The Kier molecular flexibility index (Phi) is 7.28. The second-order valence-corrected chi connectivity index (χ2v) is 6.60. The van der Waals surface area contributed by atoms with Crippen LogP contribution < -0.4 is 10.2 Å². The summed E-state index contributed by atoms with van der Waals surface area (Å²) in [4.78, 5) is 14.0. The Bertz CT molecular complexity index is 600. The second-order valence-electron chi connectivity index (χ2n) is 6.60. The molecule has 1 fully saturated rings. The molecule has 8 heteroatoms. The van der Waals surface area contributed by atoms with Crippen molar-refractivity contribution in [3.05, 3.63) is 23.8 Å². The van der Waals surface area contributed by atoms with Gasteiger partial charge in [0.05, 0.1) is 43.2 Å². The first-order valence-corrected chi connectivity index (χ1v) is 8.69. The number of anilines is 2. The molecule has 1 aromatic rings. The minimum absolute atomic E-state index is 0.0888. The summed E-state index contributed by atoms with van der Waals surface area (Å²) in [6.45, 7) is 6.88. The van der Waals surface area contributed by atoms with E-state index in [1.54, 1.807) is 0 Å². The number of carbonyl (C=O) groups excluding carboxylic acids is 1. The Labute approximate surface area is 151 Å². The molecule has 26 heavy (non-hydrogen) atoms. The van der Waals surface area contributed by atoms with Gasteiger partial charge < -0.3 is 19.7 Å². The van der Waals surface area contributed by atoms with Crippen LogP contribution in [0.5, 0.6) is 0 Å². The molecule has 0 spiro atoms. The normalized spacial score (nSPS) is 15.4. The molecule has 1 aliphatic heterocycles. The van der Waals surface area contributed by atoms with Crippen molar-refractivity contribution in [1.29, 1.82) is 0 Å². The average Bonchev–Trinajstić information content (AvgIpc) is 2.58. The molecule has 1 saturated heterocycles. The predicted molar refractivity (Wildman–Crippen MR) is 93.4 cm³/mol. The zero-order valence-corrected chi connectivity index (χ0v) is 15.1. The van der Waals surface area contributed by atoms with E-state index in [0.717, 1.165) is 12.1 Å². The number of morpholine rings is 1. The van der Waals surface area contributed by atoms with Crippen molar-refractivity contribution in [2.24, 2.45) is 5.92 Å². The van der Waals surface area contributed by atoms with Crippen LogP contribution in [0.1, 0.15) is 25.8 Å². The van der Waals surface area contributed by atoms with Crippen LogP contribution in [0, 0.1) is 5.92 Å². The van der Waals surface area contributed by atoms with E-state index in [1.165, 1.54) is 6.07 Å². The van der Waals surface area contributed by atoms with Gasteiger partial charge in [0, 0.05) is 19.7 Å². The molecule has 5 nitrogen and oxygen atoms in total. The van der Waals surface area contributed by atoms with Crippen LogP contribution in [0.15, 0.2) is 18.2 Å². The Morgan fingerprint density at radius 1 is 1.31 bits per heavy atom. The number of hydrogen-bond acceptors (Lipinski definition) is 4. The molecule has 1 N–H and O–H groups in total. The number of carbonyl (C=O) groups is 1. The van der Waals surface area contributed by atoms with Crippen molar-refractivity contribution >= 4 is 17.3 Å². The van der Waals surface area contributed by atoms with Gasteiger partial charge in [0.25, 0.3) is 0 Å². The molecule has 146 valence electrons. The van der Waals surface area contributed by atoms with Gasteiger partial charge in [0.15, 0.2) is 0 Å². The van der Waals surface area contributed by atoms with Gasteiger partial charge >= 0.3 is 6.18 Å². The molecule has 1 heterocycles. The Hall–Kier alpha value is -1.80. The summed E-state index contributed by atoms with van der Waals surface area (Å²) >= 11 is 0. The molecular weight excluding hydrogens is 349 g/mol. The largest absolute Gasteiger partial charge is 0.416 e. The van der Waals surface area contributed by atoms with Gasteiger partial charge in [-0.2, -0.15) is 13.2 Å². The van der Waals surface area contributed by atoms with Crippen molar-refractivity contribution in [1.82, 2.24) is 0 Å². The fraction of sp³-hybridized carbons (Fsp3) is 0.611. The zero-order chi connectivity index (χ0) is 19.2. The van der Waals surface area contributed by atoms with Gasteiger partial charge in [0.1, 0.15) is 0 Å². The van der Waals surface area contributed by atoms with Crippen LogP contribution in [-0.2, 0) is 20.4 Å². The quantitative estimate of drug-likeness (QED) is 0.742. The monoisotopic (exact) mass is 374 g/mol. The molecule has 0 saturated carbocycles. The number of rotatable bonds is 7. The van der Waals surface area contributed by atoms with Crippen LogP contribution in [0.3, 0.4) is 0 Å². The van der Waals surface area contributed by atoms with E-state index in [9.17, 15) is 18.0 Å². The van der Waals surface area contributed by atoms with Crippen molar-refractivity contribution < 1.29 is 27.4 Å². The van der Waals surface area contributed by atoms with E-state index in [1.807, 2.05) is 18.7 Å². The number of ether oxygens (including phenoxy) is 2. The summed E-state index contributed by atoms with van der Waals surface area (Å²) in [6.07, 6.45) is -4.38. The molecule has 1 aromatic carbocycles.